The summed E-state index contributed by atoms with van der Waals surface area (Å²) in [4.78, 5) is 13.7. The number of pyridine rings is 1. The molecule has 0 bridgehead atoms. The Morgan fingerprint density at radius 2 is 1.68 bits per heavy atom. The summed E-state index contributed by atoms with van der Waals surface area (Å²) in [5, 5.41) is 8.32. The Morgan fingerprint density at radius 3 is 2.00 bits per heavy atom. The van der Waals surface area contributed by atoms with E-state index < -0.39 is 5.97 Å². The number of nitrogens with zero attached hydrogens (tertiary/aromatic N) is 1. The first-order valence-corrected chi connectivity index (χ1v) is 9.49. The molecule has 3 nitrogen and oxygen atoms in total. The molecule has 22 heavy (non-hydrogen) atoms. The van der Waals surface area contributed by atoms with Gasteiger partial charge in [0.1, 0.15) is 5.69 Å². The molecule has 0 radical (unpaired) electrons. The quantitative estimate of drug-likeness (QED) is 0.592. The number of halogens is 1. The molecular formula is C17H22ClNO2Os-. The van der Waals surface area contributed by atoms with Gasteiger partial charge in [0.05, 0.1) is 0 Å². The summed E-state index contributed by atoms with van der Waals surface area (Å²) in [6, 6.07) is 13.5. The summed E-state index contributed by atoms with van der Waals surface area (Å²) in [5.74, 6) is -0.337. The van der Waals surface area contributed by atoms with Crippen LogP contribution in [0.25, 0.3) is 0 Å². The van der Waals surface area contributed by atoms with Gasteiger partial charge >= 0.3 is 33.2 Å². The number of aromatic nitrogens is 1. The molecule has 0 fully saturated rings. The van der Waals surface area contributed by atoms with Gasteiger partial charge < -0.3 is 12.5 Å². The fourth-order valence-corrected chi connectivity index (χ4v) is 1.44. The number of rotatable bonds is 2. The van der Waals surface area contributed by atoms with Crippen LogP contribution in [0, 0.1) is 14.4 Å². The molecule has 123 valence electrons. The molecule has 5 heteroatoms. The fourth-order valence-electron chi connectivity index (χ4n) is 1.44. The second kappa shape index (κ2) is 13.4. The Morgan fingerprint density at radius 1 is 1.14 bits per heavy atom. The first-order valence-electron chi connectivity index (χ1n) is 6.35. The number of carboxylic acids is 1. The molecule has 0 spiro atoms. The molecule has 0 atom stereocenters. The number of benzene rings is 1. The number of hydrogen-bond acceptors (Lipinski definition) is 2. The molecule has 1 heterocycles. The van der Waals surface area contributed by atoms with Gasteiger partial charge in [-0.2, -0.15) is 0 Å². The molecule has 1 N–H and O–H groups in total. The van der Waals surface area contributed by atoms with Gasteiger partial charge in [-0.25, -0.2) is 9.78 Å². The Balaban J connectivity index is 0. The minimum absolute atomic E-state index is 0. The second-order valence-electron chi connectivity index (χ2n) is 4.59. The summed E-state index contributed by atoms with van der Waals surface area (Å²) >= 11 is 1.33. The van der Waals surface area contributed by atoms with E-state index >= 15 is 0 Å². The van der Waals surface area contributed by atoms with Gasteiger partial charge in [-0.15, -0.1) is 0 Å². The van der Waals surface area contributed by atoms with E-state index in [9.17, 15) is 4.79 Å². The van der Waals surface area contributed by atoms with E-state index in [0.717, 1.165) is 0 Å². The maximum absolute atomic E-state index is 10.1. The van der Waals surface area contributed by atoms with Gasteiger partial charge in [-0.05, 0) is 30.5 Å². The van der Waals surface area contributed by atoms with Crippen molar-refractivity contribution in [2.75, 3.05) is 0 Å². The van der Waals surface area contributed by atoms with Crippen LogP contribution in [-0.4, -0.2) is 16.1 Å². The minimum atomic E-state index is -0.990. The van der Waals surface area contributed by atoms with Crippen LogP contribution in [0.2, 0.25) is 0 Å². The van der Waals surface area contributed by atoms with Crippen molar-refractivity contribution in [1.82, 2.24) is 4.98 Å². The van der Waals surface area contributed by atoms with Crippen LogP contribution in [0.1, 0.15) is 41.4 Å². The van der Waals surface area contributed by atoms with Crippen LogP contribution < -0.4 is 0 Å². The van der Waals surface area contributed by atoms with Crippen molar-refractivity contribution in [2.24, 2.45) is 0 Å². The van der Waals surface area contributed by atoms with Gasteiger partial charge in [0.15, 0.2) is 0 Å². The number of aromatic carboxylic acids is 1. The van der Waals surface area contributed by atoms with Crippen LogP contribution in [0.4, 0.5) is 0 Å². The third kappa shape index (κ3) is 9.66. The van der Waals surface area contributed by atoms with E-state index in [0.29, 0.717) is 5.92 Å². The van der Waals surface area contributed by atoms with Gasteiger partial charge in [-0.3, -0.25) is 0 Å². The van der Waals surface area contributed by atoms with Crippen molar-refractivity contribution in [3.05, 3.63) is 72.9 Å². The summed E-state index contributed by atoms with van der Waals surface area (Å²) < 4.78 is 0. The third-order valence-corrected chi connectivity index (χ3v) is 2.63. The molecule has 1 aromatic heterocycles. The number of carbonyl (C=O) groups is 1. The van der Waals surface area contributed by atoms with Crippen molar-refractivity contribution >= 4 is 15.6 Å². The second-order valence-corrected chi connectivity index (χ2v) is 4.59. The van der Waals surface area contributed by atoms with Crippen LogP contribution in [0.3, 0.4) is 0 Å². The van der Waals surface area contributed by atoms with Gasteiger partial charge in [0.2, 0.25) is 0 Å². The Hall–Kier alpha value is -1.23. The van der Waals surface area contributed by atoms with E-state index in [1.165, 1.54) is 41.0 Å². The average Bonchev–Trinajstić information content (AvgIpc) is 2.51. The molecule has 0 saturated carbocycles. The van der Waals surface area contributed by atoms with Crippen LogP contribution >= 0.6 is 9.64 Å². The van der Waals surface area contributed by atoms with Crippen molar-refractivity contribution in [1.29, 1.82) is 0 Å². The normalized spacial score (nSPS) is 8.64. The van der Waals surface area contributed by atoms with Crippen LogP contribution in [0.15, 0.2) is 48.7 Å². The molecule has 0 amide bonds. The van der Waals surface area contributed by atoms with E-state index in [4.69, 9.17) is 5.11 Å². The molecule has 0 aliphatic heterocycles. The number of aryl methyl sites for hydroxylation is 1. The van der Waals surface area contributed by atoms with Gasteiger partial charge in [0, 0.05) is 6.20 Å². The third-order valence-electron chi connectivity index (χ3n) is 2.63. The van der Waals surface area contributed by atoms with E-state index in [2.05, 4.69) is 59.7 Å². The fraction of sp³-hybridized carbons (Fsp3) is 0.235. The maximum atomic E-state index is 10.1. The van der Waals surface area contributed by atoms with Gasteiger partial charge in [0.25, 0.3) is 0 Å². The summed E-state index contributed by atoms with van der Waals surface area (Å²) in [6.07, 6.45) is 1.45. The first-order chi connectivity index (χ1) is 10.0. The molecule has 1 aromatic carbocycles. The SMILES string of the molecule is Cc1ccc(C(C)C)cc1.O=C(O)c1ccccn1.[CH3-].[Cl][Os]. The average molecular weight is 498 g/mol. The topological polar surface area (TPSA) is 50.2 Å². The molecule has 0 aliphatic carbocycles. The van der Waals surface area contributed by atoms with Crippen molar-refractivity contribution < 1.29 is 27.5 Å². The summed E-state index contributed by atoms with van der Waals surface area (Å²) in [5.41, 5.74) is 2.84. The van der Waals surface area contributed by atoms with E-state index in [-0.39, 0.29) is 13.1 Å². The standard InChI is InChI=1S/C10H14.C6H5NO2.CH3.ClH.Os/c1-8(2)10-6-4-9(3)5-7-10;8-6(9)5-3-1-2-4-7-5;;;/h4-8H,1-3H3;1-4H,(H,8,9);1H3;1H;/q;;-1;;+1/p-1. The predicted octanol–water partition coefficient (Wildman–Crippen LogP) is 5.04. The molecular weight excluding hydrogens is 476 g/mol. The Kier molecular flexibility index (Phi) is 14.1. The molecule has 2 aromatic rings. The monoisotopic (exact) mass is 499 g/mol. The number of carboxylic acid groups (broad SMARTS) is 1. The molecule has 0 saturated heterocycles. The zero-order valence-corrected chi connectivity index (χ0v) is 16.5. The molecule has 0 unspecified atom stereocenters. The van der Waals surface area contributed by atoms with Gasteiger partial charge in [-0.1, -0.05) is 49.7 Å². The van der Waals surface area contributed by atoms with Crippen molar-refractivity contribution in [3.63, 3.8) is 0 Å². The van der Waals surface area contributed by atoms with Crippen molar-refractivity contribution in [2.45, 2.75) is 26.7 Å². The molecule has 2 rings (SSSR count). The Labute approximate surface area is 147 Å². The van der Waals surface area contributed by atoms with Crippen molar-refractivity contribution in [3.8, 4) is 0 Å². The zero-order valence-electron chi connectivity index (χ0n) is 13.2. The predicted molar refractivity (Wildman–Crippen MR) is 88.7 cm³/mol. The summed E-state index contributed by atoms with van der Waals surface area (Å²) in [6.45, 7) is 6.54. The number of hydrogen-bond donors (Lipinski definition) is 1. The zero-order chi connectivity index (χ0) is 16.3. The summed E-state index contributed by atoms with van der Waals surface area (Å²) in [7, 11) is 4.67. The van der Waals surface area contributed by atoms with E-state index in [1.807, 2.05) is 0 Å². The van der Waals surface area contributed by atoms with Crippen LogP contribution in [-0.2, 0) is 17.6 Å². The first kappa shape index (κ1) is 23.0. The Bertz CT molecular complexity index is 516. The molecule has 0 aliphatic rings. The van der Waals surface area contributed by atoms with Crippen LogP contribution in [0.5, 0.6) is 0 Å². The van der Waals surface area contributed by atoms with E-state index in [1.54, 1.807) is 12.1 Å².